The fourth-order valence-corrected chi connectivity index (χ4v) is 2.79. The third kappa shape index (κ3) is 4.23. The van der Waals surface area contributed by atoms with E-state index >= 15 is 0 Å². The molecule has 0 saturated heterocycles. The number of ether oxygens (including phenoxy) is 1. The normalized spacial score (nSPS) is 22.3. The van der Waals surface area contributed by atoms with Crippen molar-refractivity contribution in [3.8, 4) is 5.75 Å². The average molecular weight is 277 g/mol. The van der Waals surface area contributed by atoms with Crippen molar-refractivity contribution in [1.82, 2.24) is 5.32 Å². The maximum atomic E-state index is 12.0. The lowest BCUT2D eigenvalue weighted by atomic mass is 9.87. The van der Waals surface area contributed by atoms with Gasteiger partial charge in [-0.25, -0.2) is 0 Å². The van der Waals surface area contributed by atoms with Gasteiger partial charge >= 0.3 is 0 Å². The molecule has 0 radical (unpaired) electrons. The zero-order valence-corrected chi connectivity index (χ0v) is 12.0. The summed E-state index contributed by atoms with van der Waals surface area (Å²) in [6.07, 6.45) is 3.97. The van der Waals surface area contributed by atoms with Gasteiger partial charge in [-0.15, -0.1) is 0 Å². The van der Waals surface area contributed by atoms with Crippen LogP contribution in [0.15, 0.2) is 24.3 Å². The van der Waals surface area contributed by atoms with Crippen LogP contribution in [0.5, 0.6) is 5.75 Å². The third-order valence-electron chi connectivity index (χ3n) is 3.89. The van der Waals surface area contributed by atoms with Gasteiger partial charge in [-0.3, -0.25) is 4.79 Å². The standard InChI is InChI=1S/C16H23NO3/c1-20-15-8-3-2-6-13(15)10-16(19)17-11-12-5-4-7-14(18)9-12/h2-3,6,8,12,14,18H,4-5,7,9-11H2,1H3,(H,17,19). The van der Waals surface area contributed by atoms with Crippen LogP contribution < -0.4 is 10.1 Å². The van der Waals surface area contributed by atoms with E-state index in [9.17, 15) is 9.90 Å². The molecule has 2 N–H and O–H groups in total. The molecule has 110 valence electrons. The molecule has 2 atom stereocenters. The molecule has 4 nitrogen and oxygen atoms in total. The molecule has 0 bridgehead atoms. The second-order valence-electron chi connectivity index (χ2n) is 5.48. The van der Waals surface area contributed by atoms with Crippen molar-refractivity contribution in [2.24, 2.45) is 5.92 Å². The quantitative estimate of drug-likeness (QED) is 0.864. The summed E-state index contributed by atoms with van der Waals surface area (Å²) >= 11 is 0. The van der Waals surface area contributed by atoms with Crippen LogP contribution in [0, 0.1) is 5.92 Å². The molecule has 0 spiro atoms. The molecule has 1 aromatic carbocycles. The Balaban J connectivity index is 1.80. The number of amides is 1. The molecule has 0 aliphatic heterocycles. The van der Waals surface area contributed by atoms with Crippen molar-refractivity contribution in [3.05, 3.63) is 29.8 Å². The number of carbonyl (C=O) groups is 1. The van der Waals surface area contributed by atoms with Crippen molar-refractivity contribution in [1.29, 1.82) is 0 Å². The van der Waals surface area contributed by atoms with E-state index in [2.05, 4.69) is 5.32 Å². The first-order valence-electron chi connectivity index (χ1n) is 7.25. The summed E-state index contributed by atoms with van der Waals surface area (Å²) in [4.78, 5) is 12.0. The molecule has 1 fully saturated rings. The maximum Gasteiger partial charge on any atom is 0.224 e. The lowest BCUT2D eigenvalue weighted by Crippen LogP contribution is -2.33. The first-order valence-corrected chi connectivity index (χ1v) is 7.25. The van der Waals surface area contributed by atoms with Crippen molar-refractivity contribution >= 4 is 5.91 Å². The zero-order chi connectivity index (χ0) is 14.4. The Morgan fingerprint density at radius 2 is 2.20 bits per heavy atom. The molecule has 1 aliphatic rings. The van der Waals surface area contributed by atoms with Gasteiger partial charge in [0.05, 0.1) is 19.6 Å². The Morgan fingerprint density at radius 1 is 1.40 bits per heavy atom. The summed E-state index contributed by atoms with van der Waals surface area (Å²) in [5, 5.41) is 12.6. The number of hydrogen-bond acceptors (Lipinski definition) is 3. The molecule has 20 heavy (non-hydrogen) atoms. The number of rotatable bonds is 5. The number of aliphatic hydroxyl groups is 1. The summed E-state index contributed by atoms with van der Waals surface area (Å²) in [5.41, 5.74) is 0.899. The summed E-state index contributed by atoms with van der Waals surface area (Å²) in [5.74, 6) is 1.16. The molecule has 2 unspecified atom stereocenters. The van der Waals surface area contributed by atoms with E-state index in [-0.39, 0.29) is 12.0 Å². The van der Waals surface area contributed by atoms with E-state index in [0.29, 0.717) is 18.9 Å². The molecule has 1 aromatic rings. The number of hydrogen-bond donors (Lipinski definition) is 2. The summed E-state index contributed by atoms with van der Waals surface area (Å²) in [6.45, 7) is 0.658. The Bertz CT molecular complexity index is 447. The van der Waals surface area contributed by atoms with E-state index in [4.69, 9.17) is 4.74 Å². The van der Waals surface area contributed by atoms with Crippen molar-refractivity contribution in [2.45, 2.75) is 38.2 Å². The zero-order valence-electron chi connectivity index (χ0n) is 12.0. The topological polar surface area (TPSA) is 58.6 Å². The second kappa shape index (κ2) is 7.29. The number of benzene rings is 1. The van der Waals surface area contributed by atoms with E-state index in [0.717, 1.165) is 37.0 Å². The Hall–Kier alpha value is -1.55. The molecule has 0 aromatic heterocycles. The van der Waals surface area contributed by atoms with E-state index < -0.39 is 0 Å². The van der Waals surface area contributed by atoms with Crippen LogP contribution in [0.1, 0.15) is 31.2 Å². The SMILES string of the molecule is COc1ccccc1CC(=O)NCC1CCCC(O)C1. The highest BCUT2D eigenvalue weighted by atomic mass is 16.5. The third-order valence-corrected chi connectivity index (χ3v) is 3.89. The van der Waals surface area contributed by atoms with Gasteiger partial charge in [0.1, 0.15) is 5.75 Å². The van der Waals surface area contributed by atoms with Gasteiger partial charge in [0.2, 0.25) is 5.91 Å². The second-order valence-corrected chi connectivity index (χ2v) is 5.48. The van der Waals surface area contributed by atoms with Crippen LogP contribution in [0.2, 0.25) is 0 Å². The minimum absolute atomic E-state index is 0.00885. The number of nitrogens with one attached hydrogen (secondary N) is 1. The highest BCUT2D eigenvalue weighted by Crippen LogP contribution is 2.23. The Kier molecular flexibility index (Phi) is 5.41. The van der Waals surface area contributed by atoms with Gasteiger partial charge in [0.15, 0.2) is 0 Å². The van der Waals surface area contributed by atoms with Crippen LogP contribution in [-0.4, -0.2) is 30.8 Å². The lowest BCUT2D eigenvalue weighted by Gasteiger charge is -2.25. The largest absolute Gasteiger partial charge is 0.496 e. The smallest absolute Gasteiger partial charge is 0.224 e. The highest BCUT2D eigenvalue weighted by molar-refractivity contribution is 5.79. The molecular weight excluding hydrogens is 254 g/mol. The van der Waals surface area contributed by atoms with Gasteiger partial charge in [0.25, 0.3) is 0 Å². The van der Waals surface area contributed by atoms with Crippen LogP contribution in [0.3, 0.4) is 0 Å². The summed E-state index contributed by atoms with van der Waals surface area (Å²) < 4.78 is 5.24. The summed E-state index contributed by atoms with van der Waals surface area (Å²) in [6, 6.07) is 7.56. The van der Waals surface area contributed by atoms with Crippen LogP contribution in [-0.2, 0) is 11.2 Å². The highest BCUT2D eigenvalue weighted by Gasteiger charge is 2.20. The molecule has 1 saturated carbocycles. The minimum Gasteiger partial charge on any atom is -0.496 e. The average Bonchev–Trinajstić information content (AvgIpc) is 2.46. The number of para-hydroxylation sites is 1. The van der Waals surface area contributed by atoms with Gasteiger partial charge in [-0.05, 0) is 31.2 Å². The van der Waals surface area contributed by atoms with E-state index in [1.165, 1.54) is 0 Å². The fraction of sp³-hybridized carbons (Fsp3) is 0.562. The van der Waals surface area contributed by atoms with Crippen LogP contribution in [0.25, 0.3) is 0 Å². The monoisotopic (exact) mass is 277 g/mol. The number of carbonyl (C=O) groups excluding carboxylic acids is 1. The number of aliphatic hydroxyl groups excluding tert-OH is 1. The first kappa shape index (κ1) is 14.9. The predicted molar refractivity (Wildman–Crippen MR) is 77.7 cm³/mol. The van der Waals surface area contributed by atoms with Gasteiger partial charge in [-0.1, -0.05) is 24.6 Å². The van der Waals surface area contributed by atoms with Crippen molar-refractivity contribution in [2.75, 3.05) is 13.7 Å². The van der Waals surface area contributed by atoms with Gasteiger partial charge < -0.3 is 15.2 Å². The summed E-state index contributed by atoms with van der Waals surface area (Å²) in [7, 11) is 1.61. The van der Waals surface area contributed by atoms with E-state index in [1.54, 1.807) is 7.11 Å². The Morgan fingerprint density at radius 3 is 2.95 bits per heavy atom. The van der Waals surface area contributed by atoms with Crippen molar-refractivity contribution < 1.29 is 14.6 Å². The minimum atomic E-state index is -0.195. The van der Waals surface area contributed by atoms with E-state index in [1.807, 2.05) is 24.3 Å². The molecule has 1 amide bonds. The molecule has 4 heteroatoms. The molecule has 0 heterocycles. The lowest BCUT2D eigenvalue weighted by molar-refractivity contribution is -0.120. The molecular formula is C16H23NO3. The first-order chi connectivity index (χ1) is 9.69. The van der Waals surface area contributed by atoms with Gasteiger partial charge in [-0.2, -0.15) is 0 Å². The van der Waals surface area contributed by atoms with Crippen molar-refractivity contribution in [3.63, 3.8) is 0 Å². The van der Waals surface area contributed by atoms with Crippen LogP contribution in [0.4, 0.5) is 0 Å². The fourth-order valence-electron chi connectivity index (χ4n) is 2.79. The predicted octanol–water partition coefficient (Wildman–Crippen LogP) is 1.90. The van der Waals surface area contributed by atoms with Gasteiger partial charge in [0, 0.05) is 12.1 Å². The molecule has 1 aliphatic carbocycles. The Labute approximate surface area is 120 Å². The maximum absolute atomic E-state index is 12.0. The number of methoxy groups -OCH3 is 1. The van der Waals surface area contributed by atoms with Crippen LogP contribution >= 0.6 is 0 Å². The molecule has 2 rings (SSSR count).